The molecule has 0 aliphatic carbocycles. The molecule has 0 aliphatic rings. The van der Waals surface area contributed by atoms with Gasteiger partial charge in [-0.05, 0) is 55.3 Å². The summed E-state index contributed by atoms with van der Waals surface area (Å²) in [5.41, 5.74) is 4.25. The highest BCUT2D eigenvalue weighted by Crippen LogP contribution is 2.35. The van der Waals surface area contributed by atoms with Crippen molar-refractivity contribution in [2.75, 3.05) is 0 Å². The second-order valence-electron chi connectivity index (χ2n) is 5.92. The van der Waals surface area contributed by atoms with Crippen LogP contribution >= 0.6 is 23.2 Å². The number of hydrogen-bond acceptors (Lipinski definition) is 1. The molecular weight excluding hydrogens is 357 g/mol. The Balaban J connectivity index is 2.29. The van der Waals surface area contributed by atoms with Gasteiger partial charge < -0.3 is 9.67 Å². The van der Waals surface area contributed by atoms with Crippen molar-refractivity contribution >= 4 is 29.2 Å². The molecule has 3 aromatic rings. The Morgan fingerprint density at radius 3 is 2.32 bits per heavy atom. The van der Waals surface area contributed by atoms with Gasteiger partial charge in [-0.1, -0.05) is 47.5 Å². The van der Waals surface area contributed by atoms with E-state index in [1.165, 1.54) is 0 Å². The molecule has 0 aliphatic heterocycles. The van der Waals surface area contributed by atoms with Crippen LogP contribution in [0.25, 0.3) is 16.9 Å². The molecule has 1 N–H and O–H groups in total. The molecule has 0 spiro atoms. The van der Waals surface area contributed by atoms with E-state index in [2.05, 4.69) is 0 Å². The first-order valence-electron chi connectivity index (χ1n) is 7.86. The van der Waals surface area contributed by atoms with E-state index in [1.54, 1.807) is 6.92 Å². The standard InChI is InChI=1S/C20H17Cl2NO2/c1-12(20(24)25)16-11-19(14-7-9-15(21)10-8-14)23(13(16)2)18-6-4-3-5-17(18)22/h3-12H,1-2H3,(H,24,25). The van der Waals surface area contributed by atoms with E-state index < -0.39 is 11.9 Å². The largest absolute Gasteiger partial charge is 0.481 e. The highest BCUT2D eigenvalue weighted by Gasteiger charge is 2.23. The molecule has 5 heteroatoms. The van der Waals surface area contributed by atoms with Crippen molar-refractivity contribution in [1.82, 2.24) is 4.57 Å². The molecule has 128 valence electrons. The maximum Gasteiger partial charge on any atom is 0.310 e. The minimum Gasteiger partial charge on any atom is -0.481 e. The van der Waals surface area contributed by atoms with Gasteiger partial charge in [0.1, 0.15) is 0 Å². The number of aliphatic carboxylic acids is 1. The van der Waals surface area contributed by atoms with Crippen LogP contribution in [0.4, 0.5) is 0 Å². The summed E-state index contributed by atoms with van der Waals surface area (Å²) in [6, 6.07) is 16.9. The summed E-state index contributed by atoms with van der Waals surface area (Å²) < 4.78 is 2.00. The predicted octanol–water partition coefficient (Wildman–Crippen LogP) is 5.95. The highest BCUT2D eigenvalue weighted by molar-refractivity contribution is 6.32. The van der Waals surface area contributed by atoms with E-state index in [0.717, 1.165) is 28.2 Å². The van der Waals surface area contributed by atoms with Gasteiger partial charge in [-0.2, -0.15) is 0 Å². The van der Waals surface area contributed by atoms with Crippen LogP contribution in [0.3, 0.4) is 0 Å². The van der Waals surface area contributed by atoms with Gasteiger partial charge in [-0.15, -0.1) is 0 Å². The summed E-state index contributed by atoms with van der Waals surface area (Å²) in [7, 11) is 0. The maximum absolute atomic E-state index is 11.5. The van der Waals surface area contributed by atoms with E-state index in [-0.39, 0.29) is 0 Å². The summed E-state index contributed by atoms with van der Waals surface area (Å²) in [6.07, 6.45) is 0. The minimum absolute atomic E-state index is 0.603. The van der Waals surface area contributed by atoms with Gasteiger partial charge in [-0.3, -0.25) is 4.79 Å². The van der Waals surface area contributed by atoms with Crippen LogP contribution in [0.1, 0.15) is 24.1 Å². The molecule has 3 nitrogen and oxygen atoms in total. The first-order valence-corrected chi connectivity index (χ1v) is 8.61. The third kappa shape index (κ3) is 3.30. The third-order valence-corrected chi connectivity index (χ3v) is 4.93. The fourth-order valence-corrected chi connectivity index (χ4v) is 3.32. The number of benzene rings is 2. The minimum atomic E-state index is -0.859. The number of aromatic nitrogens is 1. The molecule has 1 heterocycles. The molecule has 0 bridgehead atoms. The number of halogens is 2. The monoisotopic (exact) mass is 373 g/mol. The summed E-state index contributed by atoms with van der Waals surface area (Å²) in [4.78, 5) is 11.5. The van der Waals surface area contributed by atoms with Crippen molar-refractivity contribution in [3.8, 4) is 16.9 Å². The zero-order valence-electron chi connectivity index (χ0n) is 13.8. The lowest BCUT2D eigenvalue weighted by Crippen LogP contribution is -2.09. The molecular formula is C20H17Cl2NO2. The number of carboxylic acid groups (broad SMARTS) is 1. The van der Waals surface area contributed by atoms with Crippen LogP contribution in [0.5, 0.6) is 0 Å². The summed E-state index contributed by atoms with van der Waals surface area (Å²) in [5, 5.41) is 10.7. The molecule has 1 unspecified atom stereocenters. The number of rotatable bonds is 4. The van der Waals surface area contributed by atoms with Crippen molar-refractivity contribution in [2.45, 2.75) is 19.8 Å². The van der Waals surface area contributed by atoms with E-state index in [0.29, 0.717) is 10.0 Å². The lowest BCUT2D eigenvalue weighted by Gasteiger charge is -2.14. The Hall–Kier alpha value is -2.23. The summed E-state index contributed by atoms with van der Waals surface area (Å²) in [6.45, 7) is 3.60. The second kappa shape index (κ2) is 6.95. The first kappa shape index (κ1) is 17.6. The number of para-hydroxylation sites is 1. The first-order chi connectivity index (χ1) is 11.9. The molecule has 0 amide bonds. The smallest absolute Gasteiger partial charge is 0.310 e. The Morgan fingerprint density at radius 2 is 1.72 bits per heavy atom. The van der Waals surface area contributed by atoms with Gasteiger partial charge in [0.05, 0.1) is 22.3 Å². The van der Waals surface area contributed by atoms with Gasteiger partial charge in [0.2, 0.25) is 0 Å². The van der Waals surface area contributed by atoms with Crippen LogP contribution in [0.15, 0.2) is 54.6 Å². The van der Waals surface area contributed by atoms with Crippen molar-refractivity contribution in [1.29, 1.82) is 0 Å². The van der Waals surface area contributed by atoms with Gasteiger partial charge >= 0.3 is 5.97 Å². The lowest BCUT2D eigenvalue weighted by atomic mass is 10.0. The van der Waals surface area contributed by atoms with Crippen LogP contribution in [-0.4, -0.2) is 15.6 Å². The molecule has 0 fully saturated rings. The van der Waals surface area contributed by atoms with Crippen molar-refractivity contribution in [3.63, 3.8) is 0 Å². The number of carbonyl (C=O) groups is 1. The Kier molecular flexibility index (Phi) is 4.89. The second-order valence-corrected chi connectivity index (χ2v) is 6.77. The fraction of sp³-hybridized carbons (Fsp3) is 0.150. The fourth-order valence-electron chi connectivity index (χ4n) is 2.97. The van der Waals surface area contributed by atoms with E-state index in [1.807, 2.05) is 66.1 Å². The number of carboxylic acids is 1. The van der Waals surface area contributed by atoms with Gasteiger partial charge in [-0.25, -0.2) is 0 Å². The average Bonchev–Trinajstić information content (AvgIpc) is 2.92. The van der Waals surface area contributed by atoms with Crippen molar-refractivity contribution in [2.24, 2.45) is 0 Å². The van der Waals surface area contributed by atoms with Crippen LogP contribution < -0.4 is 0 Å². The normalized spacial score (nSPS) is 12.2. The van der Waals surface area contributed by atoms with Gasteiger partial charge in [0, 0.05) is 10.7 Å². The van der Waals surface area contributed by atoms with Crippen LogP contribution in [-0.2, 0) is 4.79 Å². The molecule has 0 saturated carbocycles. The zero-order valence-corrected chi connectivity index (χ0v) is 15.3. The molecule has 0 radical (unpaired) electrons. The Labute approximate surface area is 156 Å². The topological polar surface area (TPSA) is 42.2 Å². The van der Waals surface area contributed by atoms with Crippen molar-refractivity contribution in [3.05, 3.63) is 75.9 Å². The number of hydrogen-bond donors (Lipinski definition) is 1. The van der Waals surface area contributed by atoms with Crippen LogP contribution in [0, 0.1) is 6.92 Å². The molecule has 1 atom stereocenters. The molecule has 1 aromatic heterocycles. The van der Waals surface area contributed by atoms with E-state index >= 15 is 0 Å². The maximum atomic E-state index is 11.5. The van der Waals surface area contributed by atoms with Crippen molar-refractivity contribution < 1.29 is 9.90 Å². The molecule has 0 saturated heterocycles. The number of nitrogens with zero attached hydrogens (tertiary/aromatic N) is 1. The lowest BCUT2D eigenvalue weighted by molar-refractivity contribution is -0.138. The van der Waals surface area contributed by atoms with E-state index in [9.17, 15) is 9.90 Å². The van der Waals surface area contributed by atoms with Crippen LogP contribution in [0.2, 0.25) is 10.0 Å². The molecule has 25 heavy (non-hydrogen) atoms. The predicted molar refractivity (Wildman–Crippen MR) is 102 cm³/mol. The Morgan fingerprint density at radius 1 is 1.08 bits per heavy atom. The SMILES string of the molecule is Cc1c(C(C)C(=O)O)cc(-c2ccc(Cl)cc2)n1-c1ccccc1Cl. The summed E-state index contributed by atoms with van der Waals surface area (Å²) in [5.74, 6) is -1.48. The Bertz CT molecular complexity index is 929. The third-order valence-electron chi connectivity index (χ3n) is 4.36. The van der Waals surface area contributed by atoms with Gasteiger partial charge in [0.25, 0.3) is 0 Å². The molecule has 3 rings (SSSR count). The zero-order chi connectivity index (χ0) is 18.1. The quantitative estimate of drug-likeness (QED) is 0.613. The van der Waals surface area contributed by atoms with E-state index in [4.69, 9.17) is 23.2 Å². The van der Waals surface area contributed by atoms with Gasteiger partial charge in [0.15, 0.2) is 0 Å². The highest BCUT2D eigenvalue weighted by atomic mass is 35.5. The summed E-state index contributed by atoms with van der Waals surface area (Å²) >= 11 is 12.4. The average molecular weight is 374 g/mol. The molecule has 2 aromatic carbocycles.